The van der Waals surface area contributed by atoms with E-state index in [1.54, 1.807) is 19.2 Å². The highest BCUT2D eigenvalue weighted by molar-refractivity contribution is 6.11. The van der Waals surface area contributed by atoms with Crippen molar-refractivity contribution in [1.29, 1.82) is 0 Å². The first-order chi connectivity index (χ1) is 16.4. The van der Waals surface area contributed by atoms with Crippen LogP contribution in [0, 0.1) is 0 Å². The number of anilines is 1. The Bertz CT molecular complexity index is 1640. The van der Waals surface area contributed by atoms with Crippen LogP contribution >= 0.6 is 0 Å². The number of benzene rings is 2. The molecule has 0 spiro atoms. The minimum Gasteiger partial charge on any atom is -0.497 e. The molecule has 6 rings (SSSR count). The van der Waals surface area contributed by atoms with Gasteiger partial charge in [-0.2, -0.15) is 0 Å². The smallest absolute Gasteiger partial charge is 0.259 e. The molecule has 8 heteroatoms. The average molecular weight is 454 g/mol. The molecule has 0 radical (unpaired) electrons. The number of fused-ring (bicyclic) bond motifs is 1. The maximum atomic E-state index is 13.5. The summed E-state index contributed by atoms with van der Waals surface area (Å²) in [6, 6.07) is 13.2. The van der Waals surface area contributed by atoms with Gasteiger partial charge in [-0.15, -0.1) is 0 Å². The Kier molecular flexibility index (Phi) is 4.23. The highest BCUT2D eigenvalue weighted by Gasteiger charge is 2.42. The van der Waals surface area contributed by atoms with E-state index >= 15 is 0 Å². The normalized spacial score (nSPS) is 17.2. The number of nitrogens with one attached hydrogen (secondary N) is 2. The molecule has 0 fully saturated rings. The summed E-state index contributed by atoms with van der Waals surface area (Å²) in [4.78, 5) is 43.4. The second kappa shape index (κ2) is 7.08. The summed E-state index contributed by atoms with van der Waals surface area (Å²) in [6.45, 7) is 1.52. The molecule has 0 bridgehead atoms. The van der Waals surface area contributed by atoms with E-state index in [4.69, 9.17) is 4.74 Å². The topological polar surface area (TPSA) is 96.4 Å². The predicted molar refractivity (Wildman–Crippen MR) is 129 cm³/mol. The Labute approximate surface area is 194 Å². The first-order valence-corrected chi connectivity index (χ1v) is 11.0. The number of aryl methyl sites for hydroxylation is 1. The number of amides is 2. The van der Waals surface area contributed by atoms with Crippen LogP contribution in [-0.4, -0.2) is 39.9 Å². The zero-order valence-electron chi connectivity index (χ0n) is 18.9. The van der Waals surface area contributed by atoms with E-state index in [9.17, 15) is 14.4 Å². The molecule has 4 aromatic rings. The van der Waals surface area contributed by atoms with Gasteiger partial charge in [0.2, 0.25) is 5.91 Å². The molecule has 4 heterocycles. The van der Waals surface area contributed by atoms with Crippen molar-refractivity contribution in [1.82, 2.24) is 14.5 Å². The van der Waals surface area contributed by atoms with Gasteiger partial charge in [0.25, 0.3) is 11.5 Å². The lowest BCUT2D eigenvalue weighted by Gasteiger charge is -2.19. The number of nitrogens with zero attached hydrogens (tertiary/aromatic N) is 2. The molecule has 2 N–H and O–H groups in total. The quantitative estimate of drug-likeness (QED) is 0.485. The van der Waals surface area contributed by atoms with Crippen molar-refractivity contribution in [3.63, 3.8) is 0 Å². The molecule has 8 nitrogen and oxygen atoms in total. The van der Waals surface area contributed by atoms with Crippen molar-refractivity contribution in [2.75, 3.05) is 19.0 Å². The Morgan fingerprint density at radius 3 is 2.71 bits per heavy atom. The molecule has 170 valence electrons. The van der Waals surface area contributed by atoms with Crippen LogP contribution < -0.4 is 15.6 Å². The third kappa shape index (κ3) is 2.75. The molecule has 2 aromatic heterocycles. The summed E-state index contributed by atoms with van der Waals surface area (Å²) in [7, 11) is 3.53. The lowest BCUT2D eigenvalue weighted by Crippen LogP contribution is -2.33. The fourth-order valence-corrected chi connectivity index (χ4v) is 5.24. The number of hydrogen-bond acceptors (Lipinski definition) is 5. The molecule has 34 heavy (non-hydrogen) atoms. The highest BCUT2D eigenvalue weighted by atomic mass is 16.5. The summed E-state index contributed by atoms with van der Waals surface area (Å²) in [6.07, 6.45) is 1.97. The lowest BCUT2D eigenvalue weighted by atomic mass is 9.84. The van der Waals surface area contributed by atoms with E-state index in [1.165, 1.54) is 11.8 Å². The van der Waals surface area contributed by atoms with Crippen molar-refractivity contribution in [2.45, 2.75) is 12.8 Å². The number of rotatable bonds is 2. The fourth-order valence-electron chi connectivity index (χ4n) is 5.24. The highest BCUT2D eigenvalue weighted by Crippen LogP contribution is 2.45. The molecule has 2 aliphatic heterocycles. The number of pyridine rings is 1. The second-order valence-electron chi connectivity index (χ2n) is 8.76. The van der Waals surface area contributed by atoms with Crippen LogP contribution in [0.5, 0.6) is 5.75 Å². The Hall–Kier alpha value is -4.33. The maximum Gasteiger partial charge on any atom is 0.259 e. The first kappa shape index (κ1) is 20.3. The van der Waals surface area contributed by atoms with Crippen LogP contribution in [0.15, 0.2) is 64.7 Å². The molecule has 2 aromatic carbocycles. The van der Waals surface area contributed by atoms with Crippen molar-refractivity contribution in [3.8, 4) is 5.75 Å². The predicted octanol–water partition coefficient (Wildman–Crippen LogP) is 3.23. The SMILES string of the molecule is COc1ccc2[nH]c(=O)c([C@H]3C4=C(CN(C(C)=O)C4=O)Nc4cccc5c4c3cn5C)cc2c1. The van der Waals surface area contributed by atoms with E-state index in [-0.39, 0.29) is 23.9 Å². The summed E-state index contributed by atoms with van der Waals surface area (Å²) in [5, 5.41) is 5.16. The number of H-pyrrole nitrogens is 1. The molecule has 0 aliphatic carbocycles. The third-order valence-electron chi connectivity index (χ3n) is 6.82. The standard InChI is InChI=1S/C26H22N4O4/c1-13(31)30-12-20-24(26(30)33)22(17-11-29(2)21-6-4-5-19(27-20)23(17)21)16-10-14-9-15(34-3)7-8-18(14)28-25(16)32/h4-11,22,27H,12H2,1-3H3,(H,28,32)/t22-/m1/s1. The average Bonchev–Trinajstić information content (AvgIpc) is 3.27. The van der Waals surface area contributed by atoms with Crippen LogP contribution in [0.1, 0.15) is 24.0 Å². The number of carbonyl (C=O) groups is 2. The van der Waals surface area contributed by atoms with E-state index in [1.807, 2.05) is 48.1 Å². The summed E-state index contributed by atoms with van der Waals surface area (Å²) >= 11 is 0. The van der Waals surface area contributed by atoms with E-state index in [0.717, 1.165) is 27.5 Å². The van der Waals surface area contributed by atoms with E-state index < -0.39 is 5.92 Å². The zero-order chi connectivity index (χ0) is 23.7. The lowest BCUT2D eigenvalue weighted by molar-refractivity contribution is -0.139. The molecular formula is C26H22N4O4. The summed E-state index contributed by atoms with van der Waals surface area (Å²) in [5.41, 5.74) is 4.58. The van der Waals surface area contributed by atoms with Crippen LogP contribution in [0.2, 0.25) is 0 Å². The van der Waals surface area contributed by atoms with Crippen LogP contribution in [0.25, 0.3) is 21.8 Å². The van der Waals surface area contributed by atoms with Gasteiger partial charge in [0.15, 0.2) is 0 Å². The molecule has 1 atom stereocenters. The monoisotopic (exact) mass is 454 g/mol. The van der Waals surface area contributed by atoms with Crippen molar-refractivity contribution >= 4 is 39.3 Å². The maximum absolute atomic E-state index is 13.5. The molecule has 0 unspecified atom stereocenters. The van der Waals surface area contributed by atoms with Gasteiger partial charge in [0, 0.05) is 59.3 Å². The number of carbonyl (C=O) groups excluding carboxylic acids is 2. The Balaban J connectivity index is 1.68. The zero-order valence-corrected chi connectivity index (χ0v) is 18.9. The van der Waals surface area contributed by atoms with Gasteiger partial charge >= 0.3 is 0 Å². The molecular weight excluding hydrogens is 432 g/mol. The molecule has 2 amide bonds. The van der Waals surface area contributed by atoms with Crippen molar-refractivity contribution < 1.29 is 14.3 Å². The van der Waals surface area contributed by atoms with E-state index in [2.05, 4.69) is 10.3 Å². The number of methoxy groups -OCH3 is 1. The van der Waals surface area contributed by atoms with Crippen molar-refractivity contribution in [3.05, 3.63) is 81.4 Å². The van der Waals surface area contributed by atoms with Gasteiger partial charge in [-0.05, 0) is 42.0 Å². The van der Waals surface area contributed by atoms with Gasteiger partial charge in [0.1, 0.15) is 5.75 Å². The first-order valence-electron chi connectivity index (χ1n) is 11.0. The Morgan fingerprint density at radius 2 is 1.94 bits per heavy atom. The van der Waals surface area contributed by atoms with E-state index in [0.29, 0.717) is 28.1 Å². The van der Waals surface area contributed by atoms with Gasteiger partial charge in [-0.3, -0.25) is 19.3 Å². The molecule has 0 saturated carbocycles. The number of hydrogen-bond donors (Lipinski definition) is 2. The minimum absolute atomic E-state index is 0.145. The molecule has 2 aliphatic rings. The van der Waals surface area contributed by atoms with Crippen LogP contribution in [-0.2, 0) is 16.6 Å². The van der Waals surface area contributed by atoms with Gasteiger partial charge in [-0.1, -0.05) is 6.07 Å². The minimum atomic E-state index is -0.647. The Morgan fingerprint density at radius 1 is 1.12 bits per heavy atom. The number of ether oxygens (including phenoxy) is 1. The van der Waals surface area contributed by atoms with Crippen LogP contribution in [0.3, 0.4) is 0 Å². The van der Waals surface area contributed by atoms with Crippen LogP contribution in [0.4, 0.5) is 5.69 Å². The third-order valence-corrected chi connectivity index (χ3v) is 6.82. The van der Waals surface area contributed by atoms with Gasteiger partial charge < -0.3 is 19.6 Å². The second-order valence-corrected chi connectivity index (χ2v) is 8.76. The fraction of sp³-hybridized carbons (Fsp3) is 0.192. The summed E-state index contributed by atoms with van der Waals surface area (Å²) in [5.74, 6) is -0.691. The van der Waals surface area contributed by atoms with Crippen molar-refractivity contribution in [2.24, 2.45) is 7.05 Å². The number of imide groups is 1. The summed E-state index contributed by atoms with van der Waals surface area (Å²) < 4.78 is 7.36. The van der Waals surface area contributed by atoms with Gasteiger partial charge in [0.05, 0.1) is 24.7 Å². The largest absolute Gasteiger partial charge is 0.497 e. The molecule has 0 saturated heterocycles. The van der Waals surface area contributed by atoms with Gasteiger partial charge in [-0.25, -0.2) is 0 Å². The number of aromatic nitrogens is 2. The number of aromatic amines is 1.